The molecule has 0 bridgehead atoms. The van der Waals surface area contributed by atoms with Gasteiger partial charge in [0.15, 0.2) is 5.82 Å². The Morgan fingerprint density at radius 3 is 2.85 bits per heavy atom. The number of ether oxygens (including phenoxy) is 2. The quantitative estimate of drug-likeness (QED) is 0.694. The summed E-state index contributed by atoms with van der Waals surface area (Å²) in [6.45, 7) is 0.805. The van der Waals surface area contributed by atoms with Gasteiger partial charge in [-0.3, -0.25) is 0 Å². The molecule has 0 amide bonds. The molecule has 0 radical (unpaired) electrons. The molecule has 0 unspecified atom stereocenters. The average molecular weight is 355 g/mol. The molecule has 7 nitrogen and oxygen atoms in total. The molecule has 1 aromatic carbocycles. The van der Waals surface area contributed by atoms with Crippen molar-refractivity contribution in [1.29, 1.82) is 0 Å². The Balaban J connectivity index is 1.63. The first-order valence-corrected chi connectivity index (χ1v) is 8.89. The fourth-order valence-corrected chi connectivity index (χ4v) is 2.95. The van der Waals surface area contributed by atoms with Crippen molar-refractivity contribution in [2.24, 2.45) is 0 Å². The van der Waals surface area contributed by atoms with Crippen LogP contribution < -0.4 is 20.1 Å². The lowest BCUT2D eigenvalue weighted by Crippen LogP contribution is -2.09. The molecule has 2 aromatic rings. The minimum Gasteiger partial charge on any atom is -0.497 e. The van der Waals surface area contributed by atoms with E-state index < -0.39 is 0 Å². The third-order valence-corrected chi connectivity index (χ3v) is 4.34. The van der Waals surface area contributed by atoms with Crippen LogP contribution in [0.3, 0.4) is 0 Å². The lowest BCUT2D eigenvalue weighted by Gasteiger charge is -2.13. The van der Waals surface area contributed by atoms with E-state index >= 15 is 0 Å². The maximum absolute atomic E-state index is 5.38. The Bertz CT molecular complexity index is 763. The van der Waals surface area contributed by atoms with Crippen LogP contribution in [-0.2, 0) is 0 Å². The van der Waals surface area contributed by atoms with E-state index in [1.54, 1.807) is 20.4 Å². The first-order valence-electron chi connectivity index (χ1n) is 8.89. The van der Waals surface area contributed by atoms with E-state index in [4.69, 9.17) is 9.47 Å². The standard InChI is InChI=1S/C19H25N5O2/c1-25-15-8-9-17(26-2)16(12-15)22-18-13-21-24-19(23-18)20-11-10-14-6-4-3-5-7-14/h6,8-9,12-13H,3-5,7,10-11H2,1-2H3,(H2,20,22,23,24). The van der Waals surface area contributed by atoms with Gasteiger partial charge >= 0.3 is 0 Å². The summed E-state index contributed by atoms with van der Waals surface area (Å²) in [5.74, 6) is 2.52. The van der Waals surface area contributed by atoms with Crippen molar-refractivity contribution < 1.29 is 9.47 Å². The zero-order chi connectivity index (χ0) is 18.2. The molecule has 2 N–H and O–H groups in total. The van der Waals surface area contributed by atoms with Gasteiger partial charge in [-0.15, -0.1) is 5.10 Å². The third kappa shape index (κ3) is 4.84. The van der Waals surface area contributed by atoms with Crippen LogP contribution in [0.25, 0.3) is 0 Å². The van der Waals surface area contributed by atoms with Crippen LogP contribution in [-0.4, -0.2) is 35.9 Å². The Morgan fingerprint density at radius 2 is 2.08 bits per heavy atom. The molecule has 0 saturated carbocycles. The Kier molecular flexibility index (Phi) is 6.24. The fraction of sp³-hybridized carbons (Fsp3) is 0.421. The molecule has 0 aliphatic heterocycles. The molecule has 1 heterocycles. The number of benzene rings is 1. The predicted octanol–water partition coefficient (Wildman–Crippen LogP) is 3.93. The molecule has 1 aliphatic carbocycles. The molecule has 0 spiro atoms. The normalized spacial score (nSPS) is 13.7. The van der Waals surface area contributed by atoms with Crippen LogP contribution in [0.4, 0.5) is 17.5 Å². The number of nitrogens with zero attached hydrogens (tertiary/aromatic N) is 3. The van der Waals surface area contributed by atoms with Gasteiger partial charge in [-0.05, 0) is 44.2 Å². The molecule has 0 saturated heterocycles. The molecule has 26 heavy (non-hydrogen) atoms. The Morgan fingerprint density at radius 1 is 1.15 bits per heavy atom. The van der Waals surface area contributed by atoms with Gasteiger partial charge in [0.2, 0.25) is 5.95 Å². The number of aromatic nitrogens is 3. The van der Waals surface area contributed by atoms with Gasteiger partial charge < -0.3 is 20.1 Å². The highest BCUT2D eigenvalue weighted by atomic mass is 16.5. The van der Waals surface area contributed by atoms with Gasteiger partial charge in [-0.1, -0.05) is 11.6 Å². The first-order chi connectivity index (χ1) is 12.8. The Hall–Kier alpha value is -2.83. The van der Waals surface area contributed by atoms with Crippen molar-refractivity contribution in [3.63, 3.8) is 0 Å². The van der Waals surface area contributed by atoms with Crippen molar-refractivity contribution in [3.05, 3.63) is 36.0 Å². The summed E-state index contributed by atoms with van der Waals surface area (Å²) in [6, 6.07) is 5.53. The number of anilines is 3. The monoisotopic (exact) mass is 355 g/mol. The van der Waals surface area contributed by atoms with Crippen LogP contribution in [0.5, 0.6) is 11.5 Å². The van der Waals surface area contributed by atoms with Crippen molar-refractivity contribution in [2.75, 3.05) is 31.4 Å². The third-order valence-electron chi connectivity index (χ3n) is 4.34. The van der Waals surface area contributed by atoms with Gasteiger partial charge in [-0.2, -0.15) is 10.1 Å². The van der Waals surface area contributed by atoms with Crippen LogP contribution in [0, 0.1) is 0 Å². The SMILES string of the molecule is COc1ccc(OC)c(Nc2cnnc(NCCC3=CCCCC3)n2)c1. The van der Waals surface area contributed by atoms with Crippen molar-refractivity contribution >= 4 is 17.5 Å². The highest BCUT2D eigenvalue weighted by molar-refractivity contribution is 5.66. The smallest absolute Gasteiger partial charge is 0.244 e. The summed E-state index contributed by atoms with van der Waals surface area (Å²) in [7, 11) is 3.25. The zero-order valence-electron chi connectivity index (χ0n) is 15.3. The Labute approximate surface area is 153 Å². The maximum atomic E-state index is 5.38. The molecular formula is C19H25N5O2. The minimum absolute atomic E-state index is 0.508. The van der Waals surface area contributed by atoms with E-state index in [2.05, 4.69) is 31.9 Å². The van der Waals surface area contributed by atoms with Gasteiger partial charge in [-0.25, -0.2) is 0 Å². The highest BCUT2D eigenvalue weighted by Gasteiger charge is 2.08. The summed E-state index contributed by atoms with van der Waals surface area (Å²) in [6.07, 6.45) is 9.97. The van der Waals surface area contributed by atoms with E-state index in [9.17, 15) is 0 Å². The predicted molar refractivity (Wildman–Crippen MR) is 102 cm³/mol. The van der Waals surface area contributed by atoms with Crippen molar-refractivity contribution in [2.45, 2.75) is 32.1 Å². The molecule has 1 aliphatic rings. The largest absolute Gasteiger partial charge is 0.497 e. The van der Waals surface area contributed by atoms with Crippen LogP contribution in [0.2, 0.25) is 0 Å². The fourth-order valence-electron chi connectivity index (χ4n) is 2.95. The van der Waals surface area contributed by atoms with E-state index in [0.717, 1.165) is 24.4 Å². The summed E-state index contributed by atoms with van der Waals surface area (Å²) in [5.41, 5.74) is 2.28. The summed E-state index contributed by atoms with van der Waals surface area (Å²) in [4.78, 5) is 4.47. The first kappa shape index (κ1) is 18.0. The molecular weight excluding hydrogens is 330 g/mol. The minimum atomic E-state index is 0.508. The average Bonchev–Trinajstić information content (AvgIpc) is 2.69. The topological polar surface area (TPSA) is 81.2 Å². The van der Waals surface area contributed by atoms with Crippen molar-refractivity contribution in [3.8, 4) is 11.5 Å². The van der Waals surface area contributed by atoms with E-state index in [1.165, 1.54) is 31.3 Å². The van der Waals surface area contributed by atoms with E-state index in [-0.39, 0.29) is 0 Å². The summed E-state index contributed by atoms with van der Waals surface area (Å²) >= 11 is 0. The second kappa shape index (κ2) is 9.03. The van der Waals surface area contributed by atoms with Crippen LogP contribution >= 0.6 is 0 Å². The number of rotatable bonds is 8. The second-order valence-corrected chi connectivity index (χ2v) is 6.14. The van der Waals surface area contributed by atoms with Gasteiger partial charge in [0.1, 0.15) is 11.5 Å². The number of methoxy groups -OCH3 is 2. The van der Waals surface area contributed by atoms with E-state index in [0.29, 0.717) is 17.5 Å². The number of allylic oxidation sites excluding steroid dienone is 1. The lowest BCUT2D eigenvalue weighted by atomic mass is 9.97. The van der Waals surface area contributed by atoms with Gasteiger partial charge in [0, 0.05) is 12.6 Å². The maximum Gasteiger partial charge on any atom is 0.244 e. The number of hydrogen-bond donors (Lipinski definition) is 2. The van der Waals surface area contributed by atoms with E-state index in [1.807, 2.05) is 18.2 Å². The van der Waals surface area contributed by atoms with Gasteiger partial charge in [0.25, 0.3) is 0 Å². The van der Waals surface area contributed by atoms with Crippen LogP contribution in [0.1, 0.15) is 32.1 Å². The highest BCUT2D eigenvalue weighted by Crippen LogP contribution is 2.31. The van der Waals surface area contributed by atoms with Gasteiger partial charge in [0.05, 0.1) is 26.1 Å². The van der Waals surface area contributed by atoms with Crippen molar-refractivity contribution in [1.82, 2.24) is 15.2 Å². The molecule has 1 aromatic heterocycles. The molecule has 0 fully saturated rings. The molecule has 7 heteroatoms. The zero-order valence-corrected chi connectivity index (χ0v) is 15.3. The lowest BCUT2D eigenvalue weighted by molar-refractivity contribution is 0.405. The molecule has 0 atom stereocenters. The number of hydrogen-bond acceptors (Lipinski definition) is 7. The number of nitrogens with one attached hydrogen (secondary N) is 2. The van der Waals surface area contributed by atoms with Crippen LogP contribution in [0.15, 0.2) is 36.0 Å². The summed E-state index contributed by atoms with van der Waals surface area (Å²) in [5, 5.41) is 14.5. The molecule has 3 rings (SSSR count). The summed E-state index contributed by atoms with van der Waals surface area (Å²) < 4.78 is 10.6. The second-order valence-electron chi connectivity index (χ2n) is 6.14. The molecule has 138 valence electrons.